The highest BCUT2D eigenvalue weighted by molar-refractivity contribution is 5.49. The molecule has 0 amide bonds. The molecule has 0 spiro atoms. The Morgan fingerprint density at radius 1 is 1.18 bits per heavy atom. The van der Waals surface area contributed by atoms with Gasteiger partial charge in [-0.05, 0) is 31.2 Å². The van der Waals surface area contributed by atoms with Gasteiger partial charge >= 0.3 is 0 Å². The first-order valence-corrected chi connectivity index (χ1v) is 5.61. The Morgan fingerprint density at radius 2 is 2.06 bits per heavy atom. The molecule has 1 N–H and O–H groups in total. The summed E-state index contributed by atoms with van der Waals surface area (Å²) in [6, 6.07) is 14.0. The molecule has 1 heterocycles. The van der Waals surface area contributed by atoms with Crippen LogP contribution in [0, 0.1) is 0 Å². The highest BCUT2D eigenvalue weighted by atomic mass is 16.5. The summed E-state index contributed by atoms with van der Waals surface area (Å²) in [5.41, 5.74) is 2.05. The van der Waals surface area contributed by atoms with Crippen LogP contribution >= 0.6 is 0 Å². The van der Waals surface area contributed by atoms with Crippen molar-refractivity contribution < 1.29 is 4.74 Å². The summed E-state index contributed by atoms with van der Waals surface area (Å²) in [5.74, 6) is 0.850. The van der Waals surface area contributed by atoms with Crippen molar-refractivity contribution in [3.8, 4) is 5.75 Å². The van der Waals surface area contributed by atoms with Crippen LogP contribution in [0.5, 0.6) is 5.75 Å². The van der Waals surface area contributed by atoms with Crippen molar-refractivity contribution in [2.45, 2.75) is 13.0 Å². The molecule has 0 unspecified atom stereocenters. The van der Waals surface area contributed by atoms with E-state index in [4.69, 9.17) is 4.74 Å². The van der Waals surface area contributed by atoms with Gasteiger partial charge in [0.05, 0.1) is 18.8 Å². The van der Waals surface area contributed by atoms with Crippen LogP contribution in [0.3, 0.4) is 0 Å². The number of anilines is 1. The number of ether oxygens (including phenoxy) is 1. The van der Waals surface area contributed by atoms with Gasteiger partial charge in [-0.25, -0.2) is 0 Å². The zero-order valence-corrected chi connectivity index (χ0v) is 10.1. The summed E-state index contributed by atoms with van der Waals surface area (Å²) < 4.78 is 5.19. The van der Waals surface area contributed by atoms with Gasteiger partial charge in [0.1, 0.15) is 5.75 Å². The largest absolute Gasteiger partial charge is 0.497 e. The van der Waals surface area contributed by atoms with Crippen molar-refractivity contribution >= 4 is 5.69 Å². The molecule has 0 aliphatic carbocycles. The molecule has 0 aliphatic heterocycles. The molecular formula is C14H16N2O. The summed E-state index contributed by atoms with van der Waals surface area (Å²) in [6.07, 6.45) is 1.80. The summed E-state index contributed by atoms with van der Waals surface area (Å²) >= 11 is 0. The van der Waals surface area contributed by atoms with E-state index < -0.39 is 0 Å². The third-order valence-electron chi connectivity index (χ3n) is 2.58. The van der Waals surface area contributed by atoms with Gasteiger partial charge in [-0.1, -0.05) is 12.1 Å². The number of nitrogens with zero attached hydrogens (tertiary/aromatic N) is 1. The fourth-order valence-corrected chi connectivity index (χ4v) is 1.67. The first-order valence-electron chi connectivity index (χ1n) is 5.61. The van der Waals surface area contributed by atoms with Crippen LogP contribution in [0.15, 0.2) is 48.7 Å². The monoisotopic (exact) mass is 228 g/mol. The zero-order chi connectivity index (χ0) is 12.1. The number of rotatable bonds is 4. The molecule has 88 valence electrons. The Balaban J connectivity index is 2.10. The predicted octanol–water partition coefficient (Wildman–Crippen LogP) is 3.26. The van der Waals surface area contributed by atoms with Crippen LogP contribution in [0.25, 0.3) is 0 Å². The van der Waals surface area contributed by atoms with Crippen molar-refractivity contribution in [2.75, 3.05) is 12.4 Å². The van der Waals surface area contributed by atoms with E-state index in [1.54, 1.807) is 13.3 Å². The topological polar surface area (TPSA) is 34.1 Å². The van der Waals surface area contributed by atoms with Crippen LogP contribution in [-0.2, 0) is 0 Å². The average Bonchev–Trinajstić information content (AvgIpc) is 2.40. The molecule has 3 heteroatoms. The van der Waals surface area contributed by atoms with E-state index in [9.17, 15) is 0 Å². The Bertz CT molecular complexity index is 471. The number of aromatic nitrogens is 1. The Morgan fingerprint density at radius 3 is 2.76 bits per heavy atom. The molecule has 0 saturated heterocycles. The zero-order valence-electron chi connectivity index (χ0n) is 10.1. The predicted molar refractivity (Wildman–Crippen MR) is 69.3 cm³/mol. The molecule has 0 aliphatic rings. The van der Waals surface area contributed by atoms with Crippen molar-refractivity contribution in [1.82, 2.24) is 4.98 Å². The summed E-state index contributed by atoms with van der Waals surface area (Å²) in [5, 5.41) is 3.39. The molecule has 1 aromatic carbocycles. The number of nitrogens with one attached hydrogen (secondary N) is 1. The van der Waals surface area contributed by atoms with E-state index in [0.717, 1.165) is 17.1 Å². The lowest BCUT2D eigenvalue weighted by atomic mass is 10.2. The van der Waals surface area contributed by atoms with Crippen molar-refractivity contribution in [2.24, 2.45) is 0 Å². The van der Waals surface area contributed by atoms with Gasteiger partial charge < -0.3 is 10.1 Å². The molecule has 1 atom stereocenters. The number of hydrogen-bond donors (Lipinski definition) is 1. The fraction of sp³-hybridized carbons (Fsp3) is 0.214. The molecule has 0 bridgehead atoms. The van der Waals surface area contributed by atoms with Crippen LogP contribution < -0.4 is 10.1 Å². The second-order valence-electron chi connectivity index (χ2n) is 3.85. The maximum absolute atomic E-state index is 5.19. The van der Waals surface area contributed by atoms with Gasteiger partial charge in [0.25, 0.3) is 0 Å². The van der Waals surface area contributed by atoms with Gasteiger partial charge in [-0.15, -0.1) is 0 Å². The third-order valence-corrected chi connectivity index (χ3v) is 2.58. The number of hydrogen-bond acceptors (Lipinski definition) is 3. The molecule has 1 aromatic heterocycles. The Hall–Kier alpha value is -2.03. The minimum absolute atomic E-state index is 0.170. The van der Waals surface area contributed by atoms with E-state index in [0.29, 0.717) is 0 Å². The van der Waals surface area contributed by atoms with Crippen LogP contribution in [-0.4, -0.2) is 12.1 Å². The molecule has 2 rings (SSSR count). The van der Waals surface area contributed by atoms with E-state index in [1.165, 1.54) is 0 Å². The maximum atomic E-state index is 5.19. The van der Waals surface area contributed by atoms with Gasteiger partial charge in [0.2, 0.25) is 0 Å². The third kappa shape index (κ3) is 2.97. The minimum atomic E-state index is 0.170. The van der Waals surface area contributed by atoms with Crippen molar-refractivity contribution in [3.05, 3.63) is 54.4 Å². The Kier molecular flexibility index (Phi) is 3.60. The van der Waals surface area contributed by atoms with Crippen LogP contribution in [0.4, 0.5) is 5.69 Å². The minimum Gasteiger partial charge on any atom is -0.497 e. The molecule has 0 fully saturated rings. The summed E-state index contributed by atoms with van der Waals surface area (Å²) in [7, 11) is 1.67. The lowest BCUT2D eigenvalue weighted by molar-refractivity contribution is 0.415. The fourth-order valence-electron chi connectivity index (χ4n) is 1.67. The number of benzene rings is 1. The first-order chi connectivity index (χ1) is 8.29. The molecule has 17 heavy (non-hydrogen) atoms. The van der Waals surface area contributed by atoms with Gasteiger partial charge in [-0.2, -0.15) is 0 Å². The lowest BCUT2D eigenvalue weighted by Gasteiger charge is -2.15. The summed E-state index contributed by atoms with van der Waals surface area (Å²) in [4.78, 5) is 4.32. The van der Waals surface area contributed by atoms with Crippen LogP contribution in [0.1, 0.15) is 18.7 Å². The van der Waals surface area contributed by atoms with Gasteiger partial charge in [-0.3, -0.25) is 4.98 Å². The molecule has 2 aromatic rings. The molecule has 3 nitrogen and oxygen atoms in total. The quantitative estimate of drug-likeness (QED) is 0.872. The second-order valence-corrected chi connectivity index (χ2v) is 3.85. The maximum Gasteiger partial charge on any atom is 0.120 e. The normalized spacial score (nSPS) is 11.9. The van der Waals surface area contributed by atoms with E-state index >= 15 is 0 Å². The van der Waals surface area contributed by atoms with E-state index in [1.807, 2.05) is 42.5 Å². The van der Waals surface area contributed by atoms with E-state index in [2.05, 4.69) is 17.2 Å². The standard InChI is InChI=1S/C14H16N2O/c1-11(14-8-3-4-9-15-14)16-12-6-5-7-13(10-12)17-2/h3-11,16H,1-2H3/t11-/m0/s1. The number of pyridine rings is 1. The first kappa shape index (κ1) is 11.5. The van der Waals surface area contributed by atoms with Gasteiger partial charge in [0.15, 0.2) is 0 Å². The smallest absolute Gasteiger partial charge is 0.120 e. The highest BCUT2D eigenvalue weighted by Gasteiger charge is 2.05. The highest BCUT2D eigenvalue weighted by Crippen LogP contribution is 2.21. The van der Waals surface area contributed by atoms with Crippen LogP contribution in [0.2, 0.25) is 0 Å². The summed E-state index contributed by atoms with van der Waals surface area (Å²) in [6.45, 7) is 2.09. The number of methoxy groups -OCH3 is 1. The van der Waals surface area contributed by atoms with Gasteiger partial charge in [0, 0.05) is 18.0 Å². The lowest BCUT2D eigenvalue weighted by Crippen LogP contribution is -2.08. The molecule has 0 radical (unpaired) electrons. The van der Waals surface area contributed by atoms with Crippen molar-refractivity contribution in [1.29, 1.82) is 0 Å². The Labute approximate surface area is 101 Å². The second kappa shape index (κ2) is 5.34. The molecule has 0 saturated carbocycles. The SMILES string of the molecule is COc1cccc(N[C@@H](C)c2ccccn2)c1. The van der Waals surface area contributed by atoms with Crippen molar-refractivity contribution in [3.63, 3.8) is 0 Å². The molecular weight excluding hydrogens is 212 g/mol. The van der Waals surface area contributed by atoms with E-state index in [-0.39, 0.29) is 6.04 Å². The average molecular weight is 228 g/mol.